The molecule has 1 aromatic heterocycles. The first-order valence-electron chi connectivity index (χ1n) is 8.52. The number of hydrazine groups is 1. The fourth-order valence-electron chi connectivity index (χ4n) is 3.16. The summed E-state index contributed by atoms with van der Waals surface area (Å²) in [5.74, 6) is 0.0676. The van der Waals surface area contributed by atoms with E-state index in [0.29, 0.717) is 0 Å². The molecule has 1 aliphatic rings. The average Bonchev–Trinajstić information content (AvgIpc) is 2.63. The number of anilines is 2. The summed E-state index contributed by atoms with van der Waals surface area (Å²) >= 11 is 6.02. The highest BCUT2D eigenvalue weighted by atomic mass is 35.5. The third kappa shape index (κ3) is 4.23. The van der Waals surface area contributed by atoms with Gasteiger partial charge >= 0.3 is 0 Å². The molecule has 0 bridgehead atoms. The van der Waals surface area contributed by atoms with Crippen LogP contribution in [-0.2, 0) is 4.79 Å². The third-order valence-corrected chi connectivity index (χ3v) is 5.11. The van der Waals surface area contributed by atoms with Crippen LogP contribution in [-0.4, -0.2) is 24.0 Å². The molecule has 2 heterocycles. The fourth-order valence-corrected chi connectivity index (χ4v) is 3.28. The van der Waals surface area contributed by atoms with Gasteiger partial charge in [0.2, 0.25) is 5.91 Å². The van der Waals surface area contributed by atoms with Gasteiger partial charge in [0.15, 0.2) is 0 Å². The Hall–Kier alpha value is -2.27. The third-order valence-electron chi connectivity index (χ3n) is 4.69. The van der Waals surface area contributed by atoms with Crippen LogP contribution >= 0.6 is 11.6 Å². The van der Waals surface area contributed by atoms with Crippen molar-refractivity contribution in [1.82, 2.24) is 10.4 Å². The van der Waals surface area contributed by atoms with Crippen LogP contribution in [0.3, 0.4) is 0 Å². The number of hydrogen-bond donors (Lipinski definition) is 2. The van der Waals surface area contributed by atoms with Gasteiger partial charge in [-0.25, -0.2) is 0 Å². The molecule has 0 unspecified atom stereocenters. The van der Waals surface area contributed by atoms with Crippen molar-refractivity contribution < 1.29 is 4.79 Å². The van der Waals surface area contributed by atoms with E-state index in [2.05, 4.69) is 27.7 Å². The number of rotatable bonds is 4. The van der Waals surface area contributed by atoms with Crippen LogP contribution in [0, 0.1) is 19.8 Å². The lowest BCUT2D eigenvalue weighted by atomic mass is 9.95. The number of hydrogen-bond acceptors (Lipinski definition) is 4. The molecule has 1 amide bonds. The Kier molecular flexibility index (Phi) is 5.43. The number of pyridine rings is 1. The maximum atomic E-state index is 12.4. The molecule has 1 aromatic carbocycles. The summed E-state index contributed by atoms with van der Waals surface area (Å²) in [5, 5.41) is 0.718. The summed E-state index contributed by atoms with van der Waals surface area (Å²) in [6.07, 6.45) is 5.38. The van der Waals surface area contributed by atoms with E-state index in [1.807, 2.05) is 43.6 Å². The van der Waals surface area contributed by atoms with Gasteiger partial charge in [0, 0.05) is 42.1 Å². The molecule has 2 aromatic rings. The first-order valence-corrected chi connectivity index (χ1v) is 8.90. The van der Waals surface area contributed by atoms with E-state index in [1.165, 1.54) is 11.3 Å². The Labute approximate surface area is 153 Å². The highest BCUT2D eigenvalue weighted by molar-refractivity contribution is 6.31. The van der Waals surface area contributed by atoms with Crippen molar-refractivity contribution in [3.8, 4) is 0 Å². The molecule has 0 atom stereocenters. The van der Waals surface area contributed by atoms with E-state index in [4.69, 9.17) is 11.6 Å². The zero-order valence-electron chi connectivity index (χ0n) is 14.6. The minimum Gasteiger partial charge on any atom is -0.371 e. The monoisotopic (exact) mass is 358 g/mol. The first kappa shape index (κ1) is 17.5. The summed E-state index contributed by atoms with van der Waals surface area (Å²) in [7, 11) is 0. The lowest BCUT2D eigenvalue weighted by molar-refractivity contribution is -0.125. The molecule has 132 valence electrons. The van der Waals surface area contributed by atoms with Crippen LogP contribution in [0.25, 0.3) is 0 Å². The van der Waals surface area contributed by atoms with E-state index in [9.17, 15) is 4.79 Å². The van der Waals surface area contributed by atoms with E-state index >= 15 is 0 Å². The van der Waals surface area contributed by atoms with Crippen LogP contribution in [0.1, 0.15) is 24.0 Å². The van der Waals surface area contributed by atoms with Gasteiger partial charge in [-0.1, -0.05) is 11.6 Å². The van der Waals surface area contributed by atoms with Gasteiger partial charge in [-0.2, -0.15) is 0 Å². The number of aromatic nitrogens is 1. The van der Waals surface area contributed by atoms with Crippen LogP contribution < -0.4 is 15.8 Å². The van der Waals surface area contributed by atoms with Gasteiger partial charge in [0.05, 0.1) is 5.69 Å². The molecule has 0 spiro atoms. The van der Waals surface area contributed by atoms with Crippen LogP contribution in [0.15, 0.2) is 36.7 Å². The van der Waals surface area contributed by atoms with Gasteiger partial charge in [-0.3, -0.25) is 20.6 Å². The molecule has 1 saturated heterocycles. The highest BCUT2D eigenvalue weighted by Crippen LogP contribution is 2.25. The topological polar surface area (TPSA) is 57.3 Å². The summed E-state index contributed by atoms with van der Waals surface area (Å²) in [6, 6.07) is 7.63. The van der Waals surface area contributed by atoms with Gasteiger partial charge in [-0.05, 0) is 62.1 Å². The molecule has 0 radical (unpaired) electrons. The number of amides is 1. The minimum absolute atomic E-state index is 0.0271. The van der Waals surface area contributed by atoms with Crippen LogP contribution in [0.4, 0.5) is 11.4 Å². The maximum Gasteiger partial charge on any atom is 0.241 e. The molecule has 5 nitrogen and oxygen atoms in total. The zero-order chi connectivity index (χ0) is 17.8. The van der Waals surface area contributed by atoms with Gasteiger partial charge in [-0.15, -0.1) is 0 Å². The Morgan fingerprint density at radius 1 is 1.20 bits per heavy atom. The Balaban J connectivity index is 1.51. The SMILES string of the molecule is Cc1cc(NNC(=O)C2CCN(c3ccncc3C)CC2)ccc1Cl. The van der Waals surface area contributed by atoms with Gasteiger partial charge < -0.3 is 4.90 Å². The number of benzene rings is 1. The lowest BCUT2D eigenvalue weighted by Crippen LogP contribution is -2.42. The fraction of sp³-hybridized carbons (Fsp3) is 0.368. The highest BCUT2D eigenvalue weighted by Gasteiger charge is 2.25. The predicted octanol–water partition coefficient (Wildman–Crippen LogP) is 3.71. The second-order valence-electron chi connectivity index (χ2n) is 6.50. The van der Waals surface area contributed by atoms with E-state index in [1.54, 1.807) is 0 Å². The number of carbonyl (C=O) groups is 1. The standard InChI is InChI=1S/C19H23ClN4O/c1-13-11-16(3-4-17(13)20)22-23-19(25)15-6-9-24(10-7-15)18-5-8-21-12-14(18)2/h3-5,8,11-12,15,22H,6-7,9-10H2,1-2H3,(H,23,25). The maximum absolute atomic E-state index is 12.4. The second-order valence-corrected chi connectivity index (χ2v) is 6.91. The van der Waals surface area contributed by atoms with Gasteiger partial charge in [0.1, 0.15) is 0 Å². The molecule has 1 fully saturated rings. The van der Waals surface area contributed by atoms with E-state index in [-0.39, 0.29) is 11.8 Å². The zero-order valence-corrected chi connectivity index (χ0v) is 15.3. The van der Waals surface area contributed by atoms with E-state index < -0.39 is 0 Å². The van der Waals surface area contributed by atoms with E-state index in [0.717, 1.165) is 42.2 Å². The Morgan fingerprint density at radius 2 is 1.96 bits per heavy atom. The lowest BCUT2D eigenvalue weighted by Gasteiger charge is -2.33. The number of aryl methyl sites for hydroxylation is 2. The minimum atomic E-state index is 0.0271. The number of halogens is 1. The average molecular weight is 359 g/mol. The second kappa shape index (κ2) is 7.74. The molecule has 6 heteroatoms. The van der Waals surface area contributed by atoms with Crippen LogP contribution in [0.5, 0.6) is 0 Å². The molecule has 0 aliphatic carbocycles. The molecular formula is C19H23ClN4O. The predicted molar refractivity (Wildman–Crippen MR) is 102 cm³/mol. The van der Waals surface area contributed by atoms with Crippen molar-refractivity contribution in [3.05, 3.63) is 52.8 Å². The van der Waals surface area contributed by atoms with Gasteiger partial charge in [0.25, 0.3) is 0 Å². The summed E-state index contributed by atoms with van der Waals surface area (Å²) in [5.41, 5.74) is 9.99. The van der Waals surface area contributed by atoms with Crippen LogP contribution in [0.2, 0.25) is 5.02 Å². The molecule has 0 saturated carbocycles. The Bertz CT molecular complexity index is 757. The molecule has 3 rings (SSSR count). The first-order chi connectivity index (χ1) is 12.0. The number of carbonyl (C=O) groups excluding carboxylic acids is 1. The van der Waals surface area contributed by atoms with Crippen molar-refractivity contribution in [2.45, 2.75) is 26.7 Å². The van der Waals surface area contributed by atoms with Crippen molar-refractivity contribution in [1.29, 1.82) is 0 Å². The van der Waals surface area contributed by atoms with Crippen molar-refractivity contribution in [3.63, 3.8) is 0 Å². The molecule has 1 aliphatic heterocycles. The molecule has 25 heavy (non-hydrogen) atoms. The number of nitrogens with zero attached hydrogens (tertiary/aromatic N) is 2. The van der Waals surface area contributed by atoms with Crippen molar-refractivity contribution in [2.24, 2.45) is 5.92 Å². The number of nitrogens with one attached hydrogen (secondary N) is 2. The quantitative estimate of drug-likeness (QED) is 0.818. The summed E-state index contributed by atoms with van der Waals surface area (Å²) in [4.78, 5) is 18.9. The molecular weight excluding hydrogens is 336 g/mol. The smallest absolute Gasteiger partial charge is 0.241 e. The normalized spacial score (nSPS) is 15.1. The van der Waals surface area contributed by atoms with Crippen molar-refractivity contribution >= 4 is 28.9 Å². The van der Waals surface area contributed by atoms with Crippen molar-refractivity contribution in [2.75, 3.05) is 23.4 Å². The Morgan fingerprint density at radius 3 is 2.64 bits per heavy atom. The summed E-state index contributed by atoms with van der Waals surface area (Å²) in [6.45, 7) is 5.76. The molecule has 2 N–H and O–H groups in total. The summed E-state index contributed by atoms with van der Waals surface area (Å²) < 4.78 is 0. The largest absolute Gasteiger partial charge is 0.371 e. The number of piperidine rings is 1.